The summed E-state index contributed by atoms with van der Waals surface area (Å²) >= 11 is 0. The number of amides is 1. The highest BCUT2D eigenvalue weighted by atomic mass is 16.6. The number of nitrogens with one attached hydrogen (secondary N) is 1. The van der Waals surface area contributed by atoms with E-state index in [2.05, 4.69) is 5.32 Å². The minimum atomic E-state index is -1.14. The smallest absolute Gasteiger partial charge is 0.339 e. The van der Waals surface area contributed by atoms with Gasteiger partial charge in [-0.05, 0) is 31.2 Å². The lowest BCUT2D eigenvalue weighted by Gasteiger charge is -2.14. The summed E-state index contributed by atoms with van der Waals surface area (Å²) in [6, 6.07) is 12.0. The molecule has 0 unspecified atom stereocenters. The molecule has 1 N–H and O–H groups in total. The van der Waals surface area contributed by atoms with E-state index in [9.17, 15) is 19.7 Å². The number of para-hydroxylation sites is 2. The van der Waals surface area contributed by atoms with Crippen molar-refractivity contribution < 1.29 is 24.0 Å². The number of hydrogen-bond acceptors (Lipinski definition) is 6. The SMILES string of the molecule is COc1cccc(C(=O)O[C@@H](C)C(=O)Nc2ccccc2[N+](=O)[O-])c1. The first-order valence-corrected chi connectivity index (χ1v) is 7.31. The van der Waals surface area contributed by atoms with Crippen LogP contribution in [0.2, 0.25) is 0 Å². The van der Waals surface area contributed by atoms with Crippen LogP contribution in [-0.2, 0) is 9.53 Å². The van der Waals surface area contributed by atoms with Gasteiger partial charge in [0.15, 0.2) is 6.10 Å². The molecule has 8 heteroatoms. The molecule has 0 fully saturated rings. The van der Waals surface area contributed by atoms with Crippen molar-refractivity contribution in [2.24, 2.45) is 0 Å². The zero-order valence-electron chi connectivity index (χ0n) is 13.6. The van der Waals surface area contributed by atoms with Crippen LogP contribution in [0.25, 0.3) is 0 Å². The maximum absolute atomic E-state index is 12.1. The van der Waals surface area contributed by atoms with Gasteiger partial charge in [0.2, 0.25) is 0 Å². The first-order valence-electron chi connectivity index (χ1n) is 7.31. The van der Waals surface area contributed by atoms with E-state index < -0.39 is 22.9 Å². The lowest BCUT2D eigenvalue weighted by molar-refractivity contribution is -0.383. The van der Waals surface area contributed by atoms with Crippen LogP contribution in [0.1, 0.15) is 17.3 Å². The lowest BCUT2D eigenvalue weighted by Crippen LogP contribution is -2.30. The van der Waals surface area contributed by atoms with E-state index in [1.54, 1.807) is 18.2 Å². The summed E-state index contributed by atoms with van der Waals surface area (Å²) in [5.41, 5.74) is 0.00800. The van der Waals surface area contributed by atoms with E-state index in [0.29, 0.717) is 5.75 Å². The summed E-state index contributed by atoms with van der Waals surface area (Å²) in [6.07, 6.45) is -1.14. The molecular weight excluding hydrogens is 328 g/mol. The summed E-state index contributed by atoms with van der Waals surface area (Å²) < 4.78 is 10.1. The van der Waals surface area contributed by atoms with Gasteiger partial charge in [-0.25, -0.2) is 4.79 Å². The van der Waals surface area contributed by atoms with Crippen molar-refractivity contribution in [3.05, 3.63) is 64.2 Å². The van der Waals surface area contributed by atoms with Gasteiger partial charge in [0.05, 0.1) is 17.6 Å². The molecule has 2 aromatic carbocycles. The second-order valence-electron chi connectivity index (χ2n) is 5.04. The molecule has 0 aliphatic heterocycles. The molecule has 130 valence electrons. The van der Waals surface area contributed by atoms with Gasteiger partial charge in [-0.2, -0.15) is 0 Å². The Bertz CT molecular complexity index is 805. The summed E-state index contributed by atoms with van der Waals surface area (Å²) in [6.45, 7) is 1.38. The lowest BCUT2D eigenvalue weighted by atomic mass is 10.2. The van der Waals surface area contributed by atoms with Gasteiger partial charge in [0, 0.05) is 6.07 Å². The van der Waals surface area contributed by atoms with Gasteiger partial charge in [-0.3, -0.25) is 14.9 Å². The molecule has 0 bridgehead atoms. The highest BCUT2D eigenvalue weighted by molar-refractivity contribution is 5.98. The van der Waals surface area contributed by atoms with E-state index in [1.807, 2.05) is 0 Å². The van der Waals surface area contributed by atoms with Gasteiger partial charge in [0.25, 0.3) is 11.6 Å². The van der Waals surface area contributed by atoms with E-state index in [4.69, 9.17) is 9.47 Å². The van der Waals surface area contributed by atoms with Gasteiger partial charge < -0.3 is 14.8 Å². The number of nitro benzene ring substituents is 1. The van der Waals surface area contributed by atoms with E-state index in [0.717, 1.165) is 0 Å². The number of methoxy groups -OCH3 is 1. The Labute approximate surface area is 143 Å². The third kappa shape index (κ3) is 4.54. The second-order valence-corrected chi connectivity index (χ2v) is 5.04. The molecule has 25 heavy (non-hydrogen) atoms. The predicted molar refractivity (Wildman–Crippen MR) is 89.6 cm³/mol. The van der Waals surface area contributed by atoms with Crippen molar-refractivity contribution in [3.8, 4) is 5.75 Å². The Hall–Kier alpha value is -3.42. The molecule has 0 heterocycles. The zero-order valence-corrected chi connectivity index (χ0v) is 13.6. The monoisotopic (exact) mass is 344 g/mol. The van der Waals surface area contributed by atoms with Crippen LogP contribution in [0.5, 0.6) is 5.75 Å². The normalized spacial score (nSPS) is 11.3. The Morgan fingerprint density at radius 3 is 2.56 bits per heavy atom. The fourth-order valence-electron chi connectivity index (χ4n) is 2.01. The fraction of sp³-hybridized carbons (Fsp3) is 0.176. The van der Waals surface area contributed by atoms with Crippen molar-refractivity contribution in [1.29, 1.82) is 0 Å². The minimum absolute atomic E-state index is 0.0294. The Balaban J connectivity index is 2.05. The van der Waals surface area contributed by atoms with Crippen LogP contribution in [-0.4, -0.2) is 30.0 Å². The van der Waals surface area contributed by atoms with Gasteiger partial charge in [0.1, 0.15) is 11.4 Å². The molecule has 0 spiro atoms. The number of rotatable bonds is 6. The molecule has 1 amide bonds. The number of esters is 1. The third-order valence-electron chi connectivity index (χ3n) is 3.32. The molecule has 0 radical (unpaired) electrons. The fourth-order valence-corrected chi connectivity index (χ4v) is 2.01. The zero-order chi connectivity index (χ0) is 18.4. The Kier molecular flexibility index (Phi) is 5.67. The average molecular weight is 344 g/mol. The van der Waals surface area contributed by atoms with Crippen molar-refractivity contribution in [1.82, 2.24) is 0 Å². The van der Waals surface area contributed by atoms with Crippen molar-refractivity contribution in [3.63, 3.8) is 0 Å². The van der Waals surface area contributed by atoms with Gasteiger partial charge in [-0.1, -0.05) is 18.2 Å². The number of carbonyl (C=O) groups is 2. The average Bonchev–Trinajstić information content (AvgIpc) is 2.61. The van der Waals surface area contributed by atoms with Crippen LogP contribution in [0.3, 0.4) is 0 Å². The van der Waals surface area contributed by atoms with Crippen molar-refractivity contribution in [2.45, 2.75) is 13.0 Å². The van der Waals surface area contributed by atoms with Crippen LogP contribution >= 0.6 is 0 Å². The van der Waals surface area contributed by atoms with Crippen LogP contribution in [0.15, 0.2) is 48.5 Å². The number of nitrogens with zero attached hydrogens (tertiary/aromatic N) is 1. The van der Waals surface area contributed by atoms with Crippen molar-refractivity contribution in [2.75, 3.05) is 12.4 Å². The van der Waals surface area contributed by atoms with E-state index in [1.165, 1.54) is 44.4 Å². The minimum Gasteiger partial charge on any atom is -0.497 e. The summed E-state index contributed by atoms with van der Waals surface area (Å²) in [5, 5.41) is 13.3. The highest BCUT2D eigenvalue weighted by Crippen LogP contribution is 2.23. The van der Waals surface area contributed by atoms with E-state index >= 15 is 0 Å². The summed E-state index contributed by atoms with van der Waals surface area (Å²) in [7, 11) is 1.47. The highest BCUT2D eigenvalue weighted by Gasteiger charge is 2.22. The topological polar surface area (TPSA) is 108 Å². The molecule has 0 aliphatic carbocycles. The van der Waals surface area contributed by atoms with Gasteiger partial charge in [-0.15, -0.1) is 0 Å². The summed E-state index contributed by atoms with van der Waals surface area (Å²) in [4.78, 5) is 34.6. The number of nitro groups is 1. The number of anilines is 1. The summed E-state index contributed by atoms with van der Waals surface area (Å²) in [5.74, 6) is -0.902. The van der Waals surface area contributed by atoms with Crippen molar-refractivity contribution >= 4 is 23.3 Å². The number of benzene rings is 2. The largest absolute Gasteiger partial charge is 0.497 e. The second kappa shape index (κ2) is 7.91. The molecule has 2 aromatic rings. The third-order valence-corrected chi connectivity index (χ3v) is 3.32. The van der Waals surface area contributed by atoms with Crippen LogP contribution in [0, 0.1) is 10.1 Å². The van der Waals surface area contributed by atoms with Gasteiger partial charge >= 0.3 is 5.97 Å². The standard InChI is InChI=1S/C17H16N2O6/c1-11(25-17(21)12-6-5-7-13(10-12)24-2)16(20)18-14-8-3-4-9-15(14)19(22)23/h3-11H,1-2H3,(H,18,20)/t11-/m0/s1. The van der Waals surface area contributed by atoms with Crippen LogP contribution < -0.4 is 10.1 Å². The number of hydrogen-bond donors (Lipinski definition) is 1. The molecule has 0 aliphatic rings. The maximum atomic E-state index is 12.1. The first-order chi connectivity index (χ1) is 11.9. The quantitative estimate of drug-likeness (QED) is 0.490. The molecule has 1 atom stereocenters. The molecule has 2 rings (SSSR count). The maximum Gasteiger partial charge on any atom is 0.339 e. The Morgan fingerprint density at radius 2 is 1.88 bits per heavy atom. The molecule has 0 saturated carbocycles. The number of carbonyl (C=O) groups excluding carboxylic acids is 2. The molecule has 8 nitrogen and oxygen atoms in total. The molecular formula is C17H16N2O6. The Morgan fingerprint density at radius 1 is 1.16 bits per heavy atom. The van der Waals surface area contributed by atoms with E-state index in [-0.39, 0.29) is 16.9 Å². The molecule has 0 saturated heterocycles. The number of ether oxygens (including phenoxy) is 2. The first kappa shape index (κ1) is 17.9. The van der Waals surface area contributed by atoms with Crippen LogP contribution in [0.4, 0.5) is 11.4 Å². The predicted octanol–water partition coefficient (Wildman–Crippen LogP) is 2.79. The molecule has 0 aromatic heterocycles.